The quantitative estimate of drug-likeness (QED) is 0.733. The zero-order chi connectivity index (χ0) is 19.0. The fourth-order valence-electron chi connectivity index (χ4n) is 3.14. The maximum absolute atomic E-state index is 13.6. The third kappa shape index (κ3) is 3.60. The minimum Gasteiger partial charge on any atom is -0.473 e. The van der Waals surface area contributed by atoms with Gasteiger partial charge in [-0.1, -0.05) is 6.07 Å². The van der Waals surface area contributed by atoms with E-state index in [9.17, 15) is 13.6 Å². The van der Waals surface area contributed by atoms with Crippen molar-refractivity contribution >= 4 is 0 Å². The highest BCUT2D eigenvalue weighted by Crippen LogP contribution is 2.40. The molecular formula is C19H17F2N3O3. The molecule has 1 unspecified atom stereocenters. The number of ether oxygens (including phenoxy) is 1. The highest BCUT2D eigenvalue weighted by atomic mass is 19.1. The lowest BCUT2D eigenvalue weighted by Crippen LogP contribution is -2.32. The smallest absolute Gasteiger partial charge is 0.280 e. The van der Waals surface area contributed by atoms with Gasteiger partial charge >= 0.3 is 0 Å². The number of H-pyrrole nitrogens is 1. The van der Waals surface area contributed by atoms with Gasteiger partial charge in [0, 0.05) is 5.56 Å². The van der Waals surface area contributed by atoms with Gasteiger partial charge in [0.2, 0.25) is 5.88 Å². The summed E-state index contributed by atoms with van der Waals surface area (Å²) >= 11 is 0. The van der Waals surface area contributed by atoms with Crippen LogP contribution in [0.1, 0.15) is 43.0 Å². The number of benzene rings is 1. The lowest BCUT2D eigenvalue weighted by molar-refractivity contribution is 0.0930. The van der Waals surface area contributed by atoms with E-state index < -0.39 is 12.0 Å². The summed E-state index contributed by atoms with van der Waals surface area (Å²) in [6.45, 7) is 1.33. The largest absolute Gasteiger partial charge is 0.473 e. The lowest BCUT2D eigenvalue weighted by atomic mass is 9.77. The number of nitrogens with zero attached hydrogens (tertiary/aromatic N) is 2. The highest BCUT2D eigenvalue weighted by Gasteiger charge is 2.33. The minimum absolute atomic E-state index is 0.0309. The summed E-state index contributed by atoms with van der Waals surface area (Å²) < 4.78 is 37.8. The predicted octanol–water partition coefficient (Wildman–Crippen LogP) is 3.92. The summed E-state index contributed by atoms with van der Waals surface area (Å²) in [5.74, 6) is 0.359. The van der Waals surface area contributed by atoms with Crippen molar-refractivity contribution in [1.82, 2.24) is 15.1 Å². The first-order chi connectivity index (χ1) is 13.0. The zero-order valence-electron chi connectivity index (χ0n) is 14.5. The average molecular weight is 373 g/mol. The van der Waals surface area contributed by atoms with Crippen LogP contribution in [0.2, 0.25) is 0 Å². The Hall–Kier alpha value is -3.03. The van der Waals surface area contributed by atoms with Crippen molar-refractivity contribution in [2.24, 2.45) is 0 Å². The number of aromatic amines is 1. The van der Waals surface area contributed by atoms with Gasteiger partial charge in [0.1, 0.15) is 23.8 Å². The second-order valence-electron chi connectivity index (χ2n) is 6.62. The Kier molecular flexibility index (Phi) is 4.47. The van der Waals surface area contributed by atoms with Crippen molar-refractivity contribution in [3.05, 3.63) is 64.0 Å². The molecule has 140 valence electrons. The lowest BCUT2D eigenvalue weighted by Gasteiger charge is -2.35. The highest BCUT2D eigenvalue weighted by molar-refractivity contribution is 5.49. The fraction of sp³-hybridized carbons (Fsp3) is 0.316. The Balaban J connectivity index is 1.36. The van der Waals surface area contributed by atoms with Crippen molar-refractivity contribution in [3.63, 3.8) is 0 Å². The van der Waals surface area contributed by atoms with Crippen LogP contribution < -0.4 is 10.3 Å². The summed E-state index contributed by atoms with van der Waals surface area (Å²) in [4.78, 5) is 19.4. The molecule has 0 aliphatic heterocycles. The van der Waals surface area contributed by atoms with E-state index in [0.29, 0.717) is 17.3 Å². The second-order valence-corrected chi connectivity index (χ2v) is 6.62. The van der Waals surface area contributed by atoms with Crippen LogP contribution >= 0.6 is 0 Å². The Bertz CT molecular complexity index is 992. The normalized spacial score (nSPS) is 20.1. The topological polar surface area (TPSA) is 81.0 Å². The number of alkyl halides is 1. The van der Waals surface area contributed by atoms with Gasteiger partial charge in [-0.05, 0) is 43.4 Å². The van der Waals surface area contributed by atoms with Gasteiger partial charge in [0.15, 0.2) is 5.76 Å². The van der Waals surface area contributed by atoms with Gasteiger partial charge in [-0.2, -0.15) is 5.16 Å². The molecule has 0 bridgehead atoms. The number of aromatic nitrogens is 3. The molecule has 3 aromatic rings. The minimum atomic E-state index is -1.34. The molecule has 0 spiro atoms. The second kappa shape index (κ2) is 6.94. The molecule has 0 amide bonds. The van der Waals surface area contributed by atoms with Crippen LogP contribution in [0.3, 0.4) is 0 Å². The van der Waals surface area contributed by atoms with Crippen molar-refractivity contribution in [2.75, 3.05) is 0 Å². The molecule has 6 nitrogen and oxygen atoms in total. The van der Waals surface area contributed by atoms with Crippen molar-refractivity contribution < 1.29 is 18.0 Å². The number of hydrogen-bond acceptors (Lipinski definition) is 5. The van der Waals surface area contributed by atoms with Gasteiger partial charge < -0.3 is 9.26 Å². The van der Waals surface area contributed by atoms with Crippen molar-refractivity contribution in [3.8, 4) is 17.3 Å². The number of nitrogens with one attached hydrogen (secondary N) is 1. The van der Waals surface area contributed by atoms with E-state index in [1.807, 2.05) is 0 Å². The van der Waals surface area contributed by atoms with Gasteiger partial charge in [-0.15, -0.1) is 0 Å². The summed E-state index contributed by atoms with van der Waals surface area (Å²) in [6, 6.07) is 5.90. The molecule has 1 saturated carbocycles. The first-order valence-electron chi connectivity index (χ1n) is 8.60. The summed E-state index contributed by atoms with van der Waals surface area (Å²) in [6.07, 6.45) is 3.04. The molecule has 4 rings (SSSR count). The summed E-state index contributed by atoms with van der Waals surface area (Å²) in [5.41, 5.74) is 1.08. The molecule has 0 radical (unpaired) electrons. The SMILES string of the molecule is CC(F)c1cc(C2CC(Oc3cnc(-c4cc(=O)[nH]o4)cn3)C2)ccc1F. The van der Waals surface area contributed by atoms with E-state index in [-0.39, 0.29) is 23.1 Å². The molecule has 2 aromatic heterocycles. The molecule has 1 aliphatic carbocycles. The van der Waals surface area contributed by atoms with Crippen LogP contribution in [-0.2, 0) is 0 Å². The maximum atomic E-state index is 13.6. The molecule has 0 saturated heterocycles. The van der Waals surface area contributed by atoms with Crippen LogP contribution in [0.5, 0.6) is 5.88 Å². The number of rotatable bonds is 5. The number of hydrogen-bond donors (Lipinski definition) is 1. The molecule has 1 aliphatic rings. The number of halogens is 2. The Morgan fingerprint density at radius 1 is 1.26 bits per heavy atom. The predicted molar refractivity (Wildman–Crippen MR) is 92.7 cm³/mol. The van der Waals surface area contributed by atoms with Crippen LogP contribution in [0, 0.1) is 5.82 Å². The summed E-state index contributed by atoms with van der Waals surface area (Å²) in [7, 11) is 0. The molecule has 1 fully saturated rings. The van der Waals surface area contributed by atoms with Crippen LogP contribution in [0.4, 0.5) is 8.78 Å². The Morgan fingerprint density at radius 2 is 2.07 bits per heavy atom. The zero-order valence-corrected chi connectivity index (χ0v) is 14.5. The molecule has 1 aromatic carbocycles. The average Bonchev–Trinajstić information content (AvgIpc) is 3.05. The molecule has 27 heavy (non-hydrogen) atoms. The van der Waals surface area contributed by atoms with E-state index >= 15 is 0 Å². The first kappa shape index (κ1) is 17.4. The Labute approximate surface area is 153 Å². The van der Waals surface area contributed by atoms with Gasteiger partial charge in [-0.3, -0.25) is 4.79 Å². The van der Waals surface area contributed by atoms with Crippen LogP contribution in [0.25, 0.3) is 11.5 Å². The molecular weight excluding hydrogens is 356 g/mol. The fourth-order valence-corrected chi connectivity index (χ4v) is 3.14. The van der Waals surface area contributed by atoms with Gasteiger partial charge in [0.05, 0.1) is 18.5 Å². The monoisotopic (exact) mass is 373 g/mol. The van der Waals surface area contributed by atoms with E-state index in [4.69, 9.17) is 9.26 Å². The van der Waals surface area contributed by atoms with Gasteiger partial charge in [0.25, 0.3) is 5.56 Å². The maximum Gasteiger partial charge on any atom is 0.280 e. The van der Waals surface area contributed by atoms with Crippen molar-refractivity contribution in [2.45, 2.75) is 38.0 Å². The molecule has 8 heteroatoms. The molecule has 2 heterocycles. The Morgan fingerprint density at radius 3 is 2.70 bits per heavy atom. The molecule has 1 atom stereocenters. The molecule has 1 N–H and O–H groups in total. The van der Waals surface area contributed by atoms with E-state index in [1.54, 1.807) is 12.1 Å². The van der Waals surface area contributed by atoms with Crippen molar-refractivity contribution in [1.29, 1.82) is 0 Å². The van der Waals surface area contributed by atoms with E-state index in [0.717, 1.165) is 18.4 Å². The van der Waals surface area contributed by atoms with E-state index in [1.165, 1.54) is 31.5 Å². The standard InChI is InChI=1S/C19H17F2N3O3/c1-10(20)14-6-11(2-3-15(14)21)12-4-13(5-12)26-19-9-22-16(8-23-19)17-7-18(25)24-27-17/h2-3,6-10,12-13H,4-5H2,1H3,(H,24,25). The van der Waals surface area contributed by atoms with Crippen LogP contribution in [-0.4, -0.2) is 21.2 Å². The third-order valence-electron chi connectivity index (χ3n) is 4.71. The summed E-state index contributed by atoms with van der Waals surface area (Å²) in [5, 5.41) is 2.19. The first-order valence-corrected chi connectivity index (χ1v) is 8.60. The van der Waals surface area contributed by atoms with E-state index in [2.05, 4.69) is 15.1 Å². The van der Waals surface area contributed by atoms with Crippen LogP contribution in [0.15, 0.2) is 46.0 Å². The third-order valence-corrected chi connectivity index (χ3v) is 4.71. The van der Waals surface area contributed by atoms with Gasteiger partial charge in [-0.25, -0.2) is 18.7 Å².